The van der Waals surface area contributed by atoms with Crippen LogP contribution in [0.15, 0.2) is 6.20 Å². The molecule has 1 saturated heterocycles. The van der Waals surface area contributed by atoms with E-state index in [1.54, 1.807) is 22.8 Å². The maximum atomic E-state index is 12.2. The van der Waals surface area contributed by atoms with Crippen molar-refractivity contribution in [1.29, 1.82) is 0 Å². The topological polar surface area (TPSA) is 80.1 Å². The van der Waals surface area contributed by atoms with Gasteiger partial charge in [0.1, 0.15) is 11.2 Å². The average Bonchev–Trinajstić information content (AvgIpc) is 3.01. The molecule has 2 aliphatic rings. The SMILES string of the molecule is Cn1cc(CN2C(=O)CNC(=O)C23CCCC3)nn1. The summed E-state index contributed by atoms with van der Waals surface area (Å²) in [7, 11) is 1.78. The van der Waals surface area contributed by atoms with Crippen LogP contribution in [0.5, 0.6) is 0 Å². The number of rotatable bonds is 2. The van der Waals surface area contributed by atoms with Crippen LogP contribution < -0.4 is 5.32 Å². The van der Waals surface area contributed by atoms with Crippen LogP contribution in [0.2, 0.25) is 0 Å². The molecule has 1 aromatic rings. The minimum atomic E-state index is -0.660. The fraction of sp³-hybridized carbons (Fsp3) is 0.667. The van der Waals surface area contributed by atoms with Gasteiger partial charge in [-0.3, -0.25) is 14.3 Å². The molecule has 0 radical (unpaired) electrons. The van der Waals surface area contributed by atoms with Crippen LogP contribution in [0.25, 0.3) is 0 Å². The highest BCUT2D eigenvalue weighted by Gasteiger charge is 2.50. The second-order valence-electron chi connectivity index (χ2n) is 5.28. The Hall–Kier alpha value is -1.92. The first-order valence-corrected chi connectivity index (χ1v) is 6.56. The van der Waals surface area contributed by atoms with Crippen LogP contribution in [0.1, 0.15) is 31.4 Å². The van der Waals surface area contributed by atoms with E-state index in [4.69, 9.17) is 0 Å². The Morgan fingerprint density at radius 3 is 2.74 bits per heavy atom. The molecular weight excluding hydrogens is 246 g/mol. The Balaban J connectivity index is 1.90. The predicted octanol–water partition coefficient (Wildman–Crippen LogP) is -0.414. The van der Waals surface area contributed by atoms with Crippen molar-refractivity contribution in [1.82, 2.24) is 25.2 Å². The van der Waals surface area contributed by atoms with E-state index in [0.717, 1.165) is 31.4 Å². The van der Waals surface area contributed by atoms with Crippen molar-refractivity contribution >= 4 is 11.8 Å². The Morgan fingerprint density at radius 1 is 1.37 bits per heavy atom. The summed E-state index contributed by atoms with van der Waals surface area (Å²) >= 11 is 0. The Kier molecular flexibility index (Phi) is 2.76. The molecule has 1 N–H and O–H groups in total. The van der Waals surface area contributed by atoms with Crippen LogP contribution in [0, 0.1) is 0 Å². The fourth-order valence-corrected chi connectivity index (χ4v) is 3.10. The van der Waals surface area contributed by atoms with Crippen LogP contribution in [-0.4, -0.2) is 43.8 Å². The van der Waals surface area contributed by atoms with E-state index in [9.17, 15) is 9.59 Å². The van der Waals surface area contributed by atoms with Crippen LogP contribution in [0.3, 0.4) is 0 Å². The number of aromatic nitrogens is 3. The molecule has 2 amide bonds. The van der Waals surface area contributed by atoms with Crippen molar-refractivity contribution in [2.75, 3.05) is 6.54 Å². The lowest BCUT2D eigenvalue weighted by Gasteiger charge is -2.43. The van der Waals surface area contributed by atoms with Gasteiger partial charge in [-0.2, -0.15) is 0 Å². The monoisotopic (exact) mass is 263 g/mol. The Morgan fingerprint density at radius 2 is 2.11 bits per heavy atom. The minimum absolute atomic E-state index is 0.0199. The van der Waals surface area contributed by atoms with Gasteiger partial charge in [0.2, 0.25) is 11.8 Å². The first-order valence-electron chi connectivity index (χ1n) is 6.56. The number of amides is 2. The van der Waals surface area contributed by atoms with E-state index in [0.29, 0.717) is 6.54 Å². The molecule has 0 bridgehead atoms. The second-order valence-corrected chi connectivity index (χ2v) is 5.28. The highest BCUT2D eigenvalue weighted by molar-refractivity contribution is 5.98. The average molecular weight is 263 g/mol. The molecule has 102 valence electrons. The van der Waals surface area contributed by atoms with Crippen LogP contribution in [-0.2, 0) is 23.2 Å². The summed E-state index contributed by atoms with van der Waals surface area (Å²) in [4.78, 5) is 26.1. The van der Waals surface area contributed by atoms with Gasteiger partial charge in [0, 0.05) is 13.2 Å². The minimum Gasteiger partial charge on any atom is -0.345 e. The van der Waals surface area contributed by atoms with Crippen LogP contribution >= 0.6 is 0 Å². The molecule has 0 atom stereocenters. The van der Waals surface area contributed by atoms with Gasteiger partial charge >= 0.3 is 0 Å². The van der Waals surface area contributed by atoms with E-state index in [2.05, 4.69) is 15.6 Å². The predicted molar refractivity (Wildman–Crippen MR) is 65.8 cm³/mol. The number of carbonyl (C=O) groups excluding carboxylic acids is 2. The number of hydrogen-bond acceptors (Lipinski definition) is 4. The molecule has 2 heterocycles. The molecule has 1 aromatic heterocycles. The molecular formula is C12H17N5O2. The van der Waals surface area contributed by atoms with Crippen molar-refractivity contribution in [3.63, 3.8) is 0 Å². The summed E-state index contributed by atoms with van der Waals surface area (Å²) in [6.45, 7) is 0.445. The summed E-state index contributed by atoms with van der Waals surface area (Å²) in [5.41, 5.74) is 0.0594. The Labute approximate surface area is 110 Å². The first kappa shape index (κ1) is 12.1. The fourth-order valence-electron chi connectivity index (χ4n) is 3.10. The zero-order chi connectivity index (χ0) is 13.5. The molecule has 1 saturated carbocycles. The van der Waals surface area contributed by atoms with E-state index in [1.165, 1.54) is 0 Å². The molecule has 2 fully saturated rings. The molecule has 0 aromatic carbocycles. The van der Waals surface area contributed by atoms with E-state index >= 15 is 0 Å². The number of piperazine rings is 1. The quantitative estimate of drug-likeness (QED) is 0.786. The van der Waals surface area contributed by atoms with E-state index in [1.807, 2.05) is 0 Å². The zero-order valence-electron chi connectivity index (χ0n) is 10.9. The van der Waals surface area contributed by atoms with Crippen LogP contribution in [0.4, 0.5) is 0 Å². The van der Waals surface area contributed by atoms with Gasteiger partial charge < -0.3 is 10.2 Å². The van der Waals surface area contributed by atoms with Crippen molar-refractivity contribution in [3.05, 3.63) is 11.9 Å². The van der Waals surface area contributed by atoms with E-state index in [-0.39, 0.29) is 18.4 Å². The Bertz CT molecular complexity index is 518. The highest BCUT2D eigenvalue weighted by Crippen LogP contribution is 2.37. The van der Waals surface area contributed by atoms with Crippen molar-refractivity contribution in [2.45, 2.75) is 37.8 Å². The van der Waals surface area contributed by atoms with Gasteiger partial charge in [-0.1, -0.05) is 18.1 Å². The molecule has 3 rings (SSSR count). The zero-order valence-corrected chi connectivity index (χ0v) is 10.9. The van der Waals surface area contributed by atoms with Gasteiger partial charge in [0.15, 0.2) is 0 Å². The second kappa shape index (κ2) is 4.32. The van der Waals surface area contributed by atoms with Gasteiger partial charge in [-0.05, 0) is 12.8 Å². The molecule has 1 aliphatic carbocycles. The van der Waals surface area contributed by atoms with Crippen molar-refractivity contribution in [2.24, 2.45) is 7.05 Å². The lowest BCUT2D eigenvalue weighted by atomic mass is 9.91. The summed E-state index contributed by atoms with van der Waals surface area (Å²) in [5.74, 6) is -0.0550. The smallest absolute Gasteiger partial charge is 0.246 e. The number of carbonyl (C=O) groups is 2. The molecule has 1 spiro atoms. The van der Waals surface area contributed by atoms with Gasteiger partial charge in [0.25, 0.3) is 0 Å². The third kappa shape index (κ3) is 1.89. The standard InChI is InChI=1S/C12H17N5O2/c1-16-7-9(14-15-16)8-17-10(18)6-13-11(19)12(17)4-2-3-5-12/h7H,2-6,8H2,1H3,(H,13,19). The molecule has 7 heteroatoms. The number of nitrogens with one attached hydrogen (secondary N) is 1. The van der Waals surface area contributed by atoms with Gasteiger partial charge in [-0.15, -0.1) is 5.10 Å². The summed E-state index contributed by atoms with van der Waals surface area (Å²) < 4.78 is 1.60. The molecule has 19 heavy (non-hydrogen) atoms. The number of aryl methyl sites for hydroxylation is 1. The van der Waals surface area contributed by atoms with E-state index < -0.39 is 5.54 Å². The van der Waals surface area contributed by atoms with Crippen molar-refractivity contribution < 1.29 is 9.59 Å². The summed E-state index contributed by atoms with van der Waals surface area (Å²) in [5, 5.41) is 10.6. The molecule has 1 aliphatic heterocycles. The summed E-state index contributed by atoms with van der Waals surface area (Å²) in [6.07, 6.45) is 5.23. The summed E-state index contributed by atoms with van der Waals surface area (Å²) in [6, 6.07) is 0. The molecule has 0 unspecified atom stereocenters. The maximum Gasteiger partial charge on any atom is 0.246 e. The lowest BCUT2D eigenvalue weighted by molar-refractivity contribution is -0.154. The van der Waals surface area contributed by atoms with Gasteiger partial charge in [0.05, 0.1) is 13.1 Å². The van der Waals surface area contributed by atoms with Crippen molar-refractivity contribution in [3.8, 4) is 0 Å². The lowest BCUT2D eigenvalue weighted by Crippen LogP contribution is -2.65. The normalized spacial score (nSPS) is 22.1. The number of nitrogens with zero attached hydrogens (tertiary/aromatic N) is 4. The maximum absolute atomic E-state index is 12.2. The third-order valence-corrected chi connectivity index (χ3v) is 4.04. The van der Waals surface area contributed by atoms with Gasteiger partial charge in [-0.25, -0.2) is 0 Å². The largest absolute Gasteiger partial charge is 0.345 e. The third-order valence-electron chi connectivity index (χ3n) is 4.04. The number of hydrogen-bond donors (Lipinski definition) is 1. The molecule has 7 nitrogen and oxygen atoms in total. The highest BCUT2D eigenvalue weighted by atomic mass is 16.2. The first-order chi connectivity index (χ1) is 9.12.